The Morgan fingerprint density at radius 1 is 1.21 bits per heavy atom. The van der Waals surface area contributed by atoms with Crippen molar-refractivity contribution in [3.05, 3.63) is 46.5 Å². The Morgan fingerprint density at radius 3 is 2.62 bits per heavy atom. The first kappa shape index (κ1) is 25.0. The zero-order valence-corrected chi connectivity index (χ0v) is 21.2. The molecule has 1 atom stereocenters. The van der Waals surface area contributed by atoms with Crippen molar-refractivity contribution in [2.75, 3.05) is 59.5 Å². The summed E-state index contributed by atoms with van der Waals surface area (Å²) in [5.41, 5.74) is 1.42. The highest BCUT2D eigenvalue weighted by Crippen LogP contribution is 2.27. The molecule has 2 saturated heterocycles. The number of ether oxygens (including phenoxy) is 2. The van der Waals surface area contributed by atoms with Gasteiger partial charge in [-0.1, -0.05) is 18.5 Å². The van der Waals surface area contributed by atoms with Crippen LogP contribution in [0.2, 0.25) is 5.02 Å². The molecule has 3 heterocycles. The van der Waals surface area contributed by atoms with Crippen molar-refractivity contribution in [1.29, 1.82) is 0 Å². The first-order valence-electron chi connectivity index (χ1n) is 12.1. The van der Waals surface area contributed by atoms with Crippen molar-refractivity contribution in [2.24, 2.45) is 0 Å². The Hall–Kier alpha value is -2.13. The van der Waals surface area contributed by atoms with Gasteiger partial charge < -0.3 is 24.3 Å². The van der Waals surface area contributed by atoms with Crippen LogP contribution < -0.4 is 4.74 Å². The third-order valence-corrected chi connectivity index (χ3v) is 6.97. The molecule has 2 aliphatic heterocycles. The normalized spacial score (nSPS) is 22.2. The van der Waals surface area contributed by atoms with Crippen LogP contribution in [0.15, 0.2) is 24.3 Å². The van der Waals surface area contributed by atoms with E-state index in [-0.39, 0.29) is 5.91 Å². The van der Waals surface area contributed by atoms with Crippen LogP contribution in [-0.2, 0) is 22.5 Å². The van der Waals surface area contributed by atoms with Crippen LogP contribution in [0.5, 0.6) is 5.75 Å². The van der Waals surface area contributed by atoms with Crippen molar-refractivity contribution in [1.82, 2.24) is 24.7 Å². The van der Waals surface area contributed by atoms with Gasteiger partial charge in [-0.25, -0.2) is 4.98 Å². The number of imidazole rings is 1. The number of H-pyrrole nitrogens is 1. The van der Waals surface area contributed by atoms with Gasteiger partial charge in [0.05, 0.1) is 18.7 Å². The van der Waals surface area contributed by atoms with Crippen LogP contribution in [0.25, 0.3) is 0 Å². The number of aromatic nitrogens is 2. The minimum atomic E-state index is -0.726. The molecule has 1 aromatic heterocycles. The maximum absolute atomic E-state index is 13.3. The molecule has 0 radical (unpaired) electrons. The van der Waals surface area contributed by atoms with E-state index in [1.807, 2.05) is 17.0 Å². The number of nitrogens with zero attached hydrogens (tertiary/aromatic N) is 4. The summed E-state index contributed by atoms with van der Waals surface area (Å²) in [6.45, 7) is 10.4. The third kappa shape index (κ3) is 6.30. The standard InChI is InChI=1S/C25H36ClN5O3/c1-4-23-27-19(2)22(28-23)16-30-13-14-34-25(17-30,18-33-21-7-5-20(26)6-8-21)15-24(32)31-11-9-29(3)10-12-31/h5-8H,4,9-18H2,1-3H3,(H,27,28)/t25-/m0/s1. The molecule has 1 amide bonds. The van der Waals surface area contributed by atoms with E-state index in [1.165, 1.54) is 0 Å². The number of hydrogen-bond acceptors (Lipinski definition) is 6. The van der Waals surface area contributed by atoms with Crippen LogP contribution in [0.3, 0.4) is 0 Å². The van der Waals surface area contributed by atoms with Crippen LogP contribution >= 0.6 is 11.6 Å². The molecule has 34 heavy (non-hydrogen) atoms. The number of likely N-dealkylation sites (N-methyl/N-ethyl adjacent to an activating group) is 1. The number of piperazine rings is 1. The quantitative estimate of drug-likeness (QED) is 0.614. The molecule has 2 aliphatic rings. The van der Waals surface area contributed by atoms with E-state index in [0.717, 1.165) is 62.9 Å². The minimum Gasteiger partial charge on any atom is -0.491 e. The van der Waals surface area contributed by atoms with Crippen LogP contribution in [0, 0.1) is 6.92 Å². The third-order valence-electron chi connectivity index (χ3n) is 6.72. The molecule has 8 nitrogen and oxygen atoms in total. The summed E-state index contributed by atoms with van der Waals surface area (Å²) in [5, 5.41) is 0.660. The predicted molar refractivity (Wildman–Crippen MR) is 132 cm³/mol. The van der Waals surface area contributed by atoms with Gasteiger partial charge in [-0.3, -0.25) is 9.69 Å². The van der Waals surface area contributed by atoms with Gasteiger partial charge in [0.25, 0.3) is 0 Å². The Bertz CT molecular complexity index is 958. The van der Waals surface area contributed by atoms with Crippen LogP contribution in [0.1, 0.15) is 30.6 Å². The first-order valence-corrected chi connectivity index (χ1v) is 12.5. The number of rotatable bonds is 8. The number of hydrogen-bond donors (Lipinski definition) is 1. The topological polar surface area (TPSA) is 73.9 Å². The van der Waals surface area contributed by atoms with E-state index in [4.69, 9.17) is 26.1 Å². The van der Waals surface area contributed by atoms with E-state index >= 15 is 0 Å². The molecule has 1 aromatic carbocycles. The smallest absolute Gasteiger partial charge is 0.225 e. The van der Waals surface area contributed by atoms with Gasteiger partial charge in [0.1, 0.15) is 23.8 Å². The number of carbonyl (C=O) groups excluding carboxylic acids is 1. The highest BCUT2D eigenvalue weighted by molar-refractivity contribution is 6.30. The minimum absolute atomic E-state index is 0.124. The Labute approximate surface area is 207 Å². The zero-order chi connectivity index (χ0) is 24.1. The number of aryl methyl sites for hydroxylation is 2. The number of amides is 1. The van der Waals surface area contributed by atoms with Gasteiger partial charge in [-0.15, -0.1) is 0 Å². The second-order valence-corrected chi connectivity index (χ2v) is 9.89. The largest absolute Gasteiger partial charge is 0.491 e. The first-order chi connectivity index (χ1) is 16.4. The second-order valence-electron chi connectivity index (χ2n) is 9.45. The molecular weight excluding hydrogens is 454 g/mol. The van der Waals surface area contributed by atoms with Gasteiger partial charge in [-0.05, 0) is 38.2 Å². The lowest BCUT2D eigenvalue weighted by molar-refractivity contribution is -0.158. The van der Waals surface area contributed by atoms with E-state index < -0.39 is 5.60 Å². The summed E-state index contributed by atoms with van der Waals surface area (Å²) in [6.07, 6.45) is 1.17. The summed E-state index contributed by atoms with van der Waals surface area (Å²) in [5.74, 6) is 1.84. The van der Waals surface area contributed by atoms with Gasteiger partial charge in [-0.2, -0.15) is 0 Å². The van der Waals surface area contributed by atoms with Crippen molar-refractivity contribution < 1.29 is 14.3 Å². The van der Waals surface area contributed by atoms with Crippen LogP contribution in [0.4, 0.5) is 0 Å². The number of morpholine rings is 1. The van der Waals surface area contributed by atoms with Crippen molar-refractivity contribution >= 4 is 17.5 Å². The molecule has 0 saturated carbocycles. The SMILES string of the molecule is CCc1nc(CN2CCO[C@@](COc3ccc(Cl)cc3)(CC(=O)N3CCN(C)CC3)C2)c(C)[nH]1. The predicted octanol–water partition coefficient (Wildman–Crippen LogP) is 2.75. The molecular formula is C25H36ClN5O3. The lowest BCUT2D eigenvalue weighted by Crippen LogP contribution is -2.58. The Balaban J connectivity index is 1.48. The molecule has 1 N–H and O–H groups in total. The average molecular weight is 490 g/mol. The summed E-state index contributed by atoms with van der Waals surface area (Å²) in [7, 11) is 2.09. The van der Waals surface area contributed by atoms with E-state index in [0.29, 0.717) is 37.0 Å². The molecule has 2 aromatic rings. The molecule has 0 unspecified atom stereocenters. The maximum Gasteiger partial charge on any atom is 0.225 e. The van der Waals surface area contributed by atoms with E-state index in [9.17, 15) is 4.79 Å². The zero-order valence-electron chi connectivity index (χ0n) is 20.5. The van der Waals surface area contributed by atoms with E-state index in [1.54, 1.807) is 12.1 Å². The number of nitrogens with one attached hydrogen (secondary N) is 1. The van der Waals surface area contributed by atoms with Crippen molar-refractivity contribution in [3.8, 4) is 5.75 Å². The van der Waals surface area contributed by atoms with Crippen molar-refractivity contribution in [3.63, 3.8) is 0 Å². The van der Waals surface area contributed by atoms with E-state index in [2.05, 4.69) is 35.7 Å². The summed E-state index contributed by atoms with van der Waals surface area (Å²) in [4.78, 5) is 28.0. The highest BCUT2D eigenvalue weighted by atomic mass is 35.5. The molecule has 4 rings (SSSR count). The number of halogens is 1. The molecule has 9 heteroatoms. The van der Waals surface area contributed by atoms with Crippen LogP contribution in [-0.4, -0.2) is 95.7 Å². The lowest BCUT2D eigenvalue weighted by Gasteiger charge is -2.43. The lowest BCUT2D eigenvalue weighted by atomic mass is 9.96. The fourth-order valence-corrected chi connectivity index (χ4v) is 4.72. The Kier molecular flexibility index (Phi) is 8.14. The second kappa shape index (κ2) is 11.1. The van der Waals surface area contributed by atoms with Gasteiger partial charge >= 0.3 is 0 Å². The fourth-order valence-electron chi connectivity index (χ4n) is 4.59. The number of aromatic amines is 1. The molecule has 2 fully saturated rings. The molecule has 0 aliphatic carbocycles. The Morgan fingerprint density at radius 2 is 1.94 bits per heavy atom. The summed E-state index contributed by atoms with van der Waals surface area (Å²) < 4.78 is 12.5. The molecule has 186 valence electrons. The van der Waals surface area contributed by atoms with Gasteiger partial charge in [0, 0.05) is 63.0 Å². The average Bonchev–Trinajstić information content (AvgIpc) is 3.18. The van der Waals surface area contributed by atoms with Gasteiger partial charge in [0.2, 0.25) is 5.91 Å². The monoisotopic (exact) mass is 489 g/mol. The number of benzene rings is 1. The summed E-state index contributed by atoms with van der Waals surface area (Å²) >= 11 is 6.03. The number of carbonyl (C=O) groups is 1. The maximum atomic E-state index is 13.3. The highest BCUT2D eigenvalue weighted by Gasteiger charge is 2.41. The molecule has 0 bridgehead atoms. The molecule has 0 spiro atoms. The van der Waals surface area contributed by atoms with Crippen molar-refractivity contribution in [2.45, 2.75) is 38.8 Å². The summed E-state index contributed by atoms with van der Waals surface area (Å²) in [6, 6.07) is 7.30. The van der Waals surface area contributed by atoms with Gasteiger partial charge in [0.15, 0.2) is 0 Å². The fraction of sp³-hybridized carbons (Fsp3) is 0.600.